The topological polar surface area (TPSA) is 82.1 Å². The minimum atomic E-state index is -0.866. The van der Waals surface area contributed by atoms with Crippen molar-refractivity contribution in [2.75, 3.05) is 19.8 Å². The molecule has 0 aromatic carbocycles. The second kappa shape index (κ2) is 8.88. The number of hydrogen-bond donors (Lipinski definition) is 1. The fourth-order valence-electron chi connectivity index (χ4n) is 0.908. The normalized spacial score (nSPS) is 11.3. The van der Waals surface area contributed by atoms with E-state index >= 15 is 0 Å². The van der Waals surface area contributed by atoms with Gasteiger partial charge in [0.1, 0.15) is 13.2 Å². The minimum Gasteiger partial charge on any atom is -0.481 e. The van der Waals surface area contributed by atoms with Crippen LogP contribution in [0.25, 0.3) is 0 Å². The fraction of sp³-hybridized carbons (Fsp3) is 0.833. The summed E-state index contributed by atoms with van der Waals surface area (Å²) in [5, 5.41) is 8.36. The Labute approximate surface area is 107 Å². The molecule has 0 fully saturated rings. The first-order valence-electron chi connectivity index (χ1n) is 6.03. The Bertz CT molecular complexity index is 261. The molecular weight excluding hydrogens is 240 g/mol. The van der Waals surface area contributed by atoms with E-state index in [0.29, 0.717) is 12.8 Å². The molecule has 0 unspecified atom stereocenters. The van der Waals surface area contributed by atoms with E-state index in [9.17, 15) is 9.59 Å². The summed E-state index contributed by atoms with van der Waals surface area (Å²) in [6.45, 7) is 6.03. The lowest BCUT2D eigenvalue weighted by Gasteiger charge is -2.20. The fourth-order valence-corrected chi connectivity index (χ4v) is 0.908. The van der Waals surface area contributed by atoms with Crippen LogP contribution in [0, 0.1) is 5.41 Å². The highest BCUT2D eigenvalue weighted by Crippen LogP contribution is 2.21. The number of aliphatic carboxylic acids is 1. The summed E-state index contributed by atoms with van der Waals surface area (Å²) in [6, 6.07) is 0. The lowest BCUT2D eigenvalue weighted by Crippen LogP contribution is -2.27. The van der Waals surface area contributed by atoms with Crippen LogP contribution in [0.2, 0.25) is 0 Å². The summed E-state index contributed by atoms with van der Waals surface area (Å²) < 4.78 is 5.00. The van der Waals surface area contributed by atoms with Crippen molar-refractivity contribution in [3.8, 4) is 0 Å². The Morgan fingerprint density at radius 1 is 1.11 bits per heavy atom. The van der Waals surface area contributed by atoms with Gasteiger partial charge < -0.3 is 9.84 Å². The van der Waals surface area contributed by atoms with Gasteiger partial charge in [-0.2, -0.15) is 0 Å². The zero-order valence-corrected chi connectivity index (χ0v) is 11.2. The number of esters is 1. The Morgan fingerprint density at radius 3 is 2.28 bits per heavy atom. The molecule has 0 bridgehead atoms. The molecule has 0 aliphatic heterocycles. The SMILES string of the molecule is CCC(C)(C)C(=O)OCCOOCCCC(=O)O. The predicted molar refractivity (Wildman–Crippen MR) is 63.8 cm³/mol. The second-order valence-electron chi connectivity index (χ2n) is 4.51. The molecule has 0 rings (SSSR count). The average Bonchev–Trinajstić information content (AvgIpc) is 2.31. The van der Waals surface area contributed by atoms with E-state index in [1.54, 1.807) is 0 Å². The molecule has 0 amide bonds. The molecule has 1 N–H and O–H groups in total. The van der Waals surface area contributed by atoms with Gasteiger partial charge >= 0.3 is 11.9 Å². The third kappa shape index (κ3) is 8.03. The number of rotatable bonds is 10. The maximum absolute atomic E-state index is 11.5. The van der Waals surface area contributed by atoms with E-state index < -0.39 is 11.4 Å². The highest BCUT2D eigenvalue weighted by atomic mass is 17.2. The van der Waals surface area contributed by atoms with Crippen molar-refractivity contribution >= 4 is 11.9 Å². The van der Waals surface area contributed by atoms with Crippen LogP contribution in [0.4, 0.5) is 0 Å². The second-order valence-corrected chi connectivity index (χ2v) is 4.51. The molecule has 0 radical (unpaired) electrons. The third-order valence-corrected chi connectivity index (χ3v) is 2.54. The molecule has 6 nitrogen and oxygen atoms in total. The van der Waals surface area contributed by atoms with Gasteiger partial charge in [0, 0.05) is 6.42 Å². The Hall–Kier alpha value is -1.14. The molecule has 0 aliphatic rings. The van der Waals surface area contributed by atoms with Crippen molar-refractivity contribution in [2.24, 2.45) is 5.41 Å². The smallest absolute Gasteiger partial charge is 0.311 e. The Morgan fingerprint density at radius 2 is 1.72 bits per heavy atom. The third-order valence-electron chi connectivity index (χ3n) is 2.54. The summed E-state index contributed by atoms with van der Waals surface area (Å²) in [5.74, 6) is -1.13. The van der Waals surface area contributed by atoms with E-state index in [1.807, 2.05) is 20.8 Å². The van der Waals surface area contributed by atoms with Crippen LogP contribution in [-0.2, 0) is 24.1 Å². The molecule has 0 aromatic rings. The standard InChI is InChI=1S/C12H22O6/c1-4-12(2,3)11(15)16-8-9-18-17-7-5-6-10(13)14/h4-9H2,1-3H3,(H,13,14). The minimum absolute atomic E-state index is 0.0447. The van der Waals surface area contributed by atoms with Gasteiger partial charge in [0.05, 0.1) is 12.0 Å². The number of carboxylic acid groups (broad SMARTS) is 1. The molecular formula is C12H22O6. The van der Waals surface area contributed by atoms with Gasteiger partial charge in [0.15, 0.2) is 0 Å². The Balaban J connectivity index is 3.41. The van der Waals surface area contributed by atoms with Gasteiger partial charge in [0.2, 0.25) is 0 Å². The number of carbonyl (C=O) groups excluding carboxylic acids is 1. The lowest BCUT2D eigenvalue weighted by molar-refractivity contribution is -0.298. The van der Waals surface area contributed by atoms with E-state index in [4.69, 9.17) is 19.6 Å². The van der Waals surface area contributed by atoms with Crippen molar-refractivity contribution in [3.05, 3.63) is 0 Å². The van der Waals surface area contributed by atoms with E-state index in [-0.39, 0.29) is 32.2 Å². The average molecular weight is 262 g/mol. The van der Waals surface area contributed by atoms with E-state index in [0.717, 1.165) is 0 Å². The van der Waals surface area contributed by atoms with Crippen molar-refractivity contribution in [1.29, 1.82) is 0 Å². The first-order chi connectivity index (χ1) is 8.40. The maximum atomic E-state index is 11.5. The monoisotopic (exact) mass is 262 g/mol. The van der Waals surface area contributed by atoms with Crippen LogP contribution in [0.5, 0.6) is 0 Å². The molecule has 106 valence electrons. The van der Waals surface area contributed by atoms with Crippen molar-refractivity contribution in [1.82, 2.24) is 0 Å². The number of carbonyl (C=O) groups is 2. The summed E-state index contributed by atoms with van der Waals surface area (Å²) in [4.78, 5) is 31.2. The number of carboxylic acids is 1. The van der Waals surface area contributed by atoms with Crippen LogP contribution in [-0.4, -0.2) is 36.9 Å². The molecule has 0 heterocycles. The summed E-state index contributed by atoms with van der Waals surface area (Å²) >= 11 is 0. The van der Waals surface area contributed by atoms with Crippen molar-refractivity contribution in [3.63, 3.8) is 0 Å². The van der Waals surface area contributed by atoms with E-state index in [2.05, 4.69) is 0 Å². The first kappa shape index (κ1) is 16.9. The molecule has 6 heteroatoms. The van der Waals surface area contributed by atoms with Gasteiger partial charge in [-0.1, -0.05) is 6.92 Å². The molecule has 0 aromatic heterocycles. The highest BCUT2D eigenvalue weighted by Gasteiger charge is 2.26. The van der Waals surface area contributed by atoms with Crippen molar-refractivity contribution in [2.45, 2.75) is 40.0 Å². The molecule has 0 spiro atoms. The molecule has 0 aliphatic carbocycles. The predicted octanol–water partition coefficient (Wildman–Crippen LogP) is 1.78. The maximum Gasteiger partial charge on any atom is 0.311 e. The highest BCUT2D eigenvalue weighted by molar-refractivity contribution is 5.75. The number of ether oxygens (including phenoxy) is 1. The zero-order valence-electron chi connectivity index (χ0n) is 11.2. The molecule has 0 saturated heterocycles. The van der Waals surface area contributed by atoms with Crippen LogP contribution in [0.15, 0.2) is 0 Å². The van der Waals surface area contributed by atoms with Gasteiger partial charge in [-0.05, 0) is 26.7 Å². The van der Waals surface area contributed by atoms with Crippen LogP contribution in [0.1, 0.15) is 40.0 Å². The largest absolute Gasteiger partial charge is 0.481 e. The summed E-state index contributed by atoms with van der Waals surface area (Å²) in [6.07, 6.45) is 1.14. The molecule has 18 heavy (non-hydrogen) atoms. The van der Waals surface area contributed by atoms with Crippen LogP contribution in [0.3, 0.4) is 0 Å². The Kier molecular flexibility index (Phi) is 8.32. The van der Waals surface area contributed by atoms with Gasteiger partial charge in [0.25, 0.3) is 0 Å². The summed E-state index contributed by atoms with van der Waals surface area (Å²) in [7, 11) is 0. The zero-order chi connectivity index (χ0) is 14.0. The number of hydrogen-bond acceptors (Lipinski definition) is 5. The van der Waals surface area contributed by atoms with E-state index in [1.165, 1.54) is 0 Å². The molecule has 0 saturated carbocycles. The lowest BCUT2D eigenvalue weighted by atomic mass is 9.91. The quantitative estimate of drug-likeness (QED) is 0.280. The van der Waals surface area contributed by atoms with Crippen molar-refractivity contribution < 1.29 is 29.2 Å². The van der Waals surface area contributed by atoms with Gasteiger partial charge in [-0.25, -0.2) is 9.78 Å². The summed E-state index contributed by atoms with van der Waals surface area (Å²) in [5.41, 5.74) is -0.484. The van der Waals surface area contributed by atoms with Gasteiger partial charge in [-0.15, -0.1) is 0 Å². The molecule has 0 atom stereocenters. The van der Waals surface area contributed by atoms with Crippen LogP contribution >= 0.6 is 0 Å². The van der Waals surface area contributed by atoms with Gasteiger partial charge in [-0.3, -0.25) is 9.59 Å². The van der Waals surface area contributed by atoms with Crippen LogP contribution < -0.4 is 0 Å². The first-order valence-corrected chi connectivity index (χ1v) is 6.03.